The Balaban J connectivity index is 1.52. The lowest BCUT2D eigenvalue weighted by molar-refractivity contribution is 0.198. The average molecular weight is 416 g/mol. The third kappa shape index (κ3) is 3.70. The fourth-order valence-electron chi connectivity index (χ4n) is 4.32. The minimum atomic E-state index is 0.0773. The van der Waals surface area contributed by atoms with Gasteiger partial charge >= 0.3 is 0 Å². The molecular formula is C25H24N2O4. The van der Waals surface area contributed by atoms with Crippen LogP contribution in [0.1, 0.15) is 28.4 Å². The third-order valence-corrected chi connectivity index (χ3v) is 5.78. The van der Waals surface area contributed by atoms with Gasteiger partial charge in [-0.3, -0.25) is 4.90 Å². The van der Waals surface area contributed by atoms with E-state index in [1.807, 2.05) is 24.3 Å². The number of ether oxygens (including phenoxy) is 2. The largest absolute Gasteiger partial charge is 0.493 e. The Morgan fingerprint density at radius 1 is 0.968 bits per heavy atom. The predicted molar refractivity (Wildman–Crippen MR) is 116 cm³/mol. The number of furan rings is 1. The topological polar surface area (TPSA) is 60.9 Å². The summed E-state index contributed by atoms with van der Waals surface area (Å²) >= 11 is 0. The first kappa shape index (κ1) is 19.5. The highest BCUT2D eigenvalue weighted by Gasteiger charge is 2.31. The number of fused-ring (bicyclic) bond motifs is 1. The van der Waals surface area contributed by atoms with Gasteiger partial charge in [0.2, 0.25) is 5.76 Å². The van der Waals surface area contributed by atoms with E-state index in [-0.39, 0.29) is 6.04 Å². The lowest BCUT2D eigenvalue weighted by Gasteiger charge is -2.37. The van der Waals surface area contributed by atoms with Crippen LogP contribution in [0.4, 0.5) is 0 Å². The molecule has 0 saturated carbocycles. The first-order chi connectivity index (χ1) is 15.3. The lowest BCUT2D eigenvalue weighted by atomic mass is 9.87. The molecule has 0 saturated heterocycles. The highest BCUT2D eigenvalue weighted by atomic mass is 16.5. The molecule has 0 unspecified atom stereocenters. The van der Waals surface area contributed by atoms with E-state index < -0.39 is 0 Å². The van der Waals surface area contributed by atoms with Gasteiger partial charge in [-0.2, -0.15) is 0 Å². The van der Waals surface area contributed by atoms with Crippen molar-refractivity contribution in [3.63, 3.8) is 0 Å². The quantitative estimate of drug-likeness (QED) is 0.436. The number of methoxy groups -OCH3 is 2. The van der Waals surface area contributed by atoms with E-state index in [0.29, 0.717) is 18.1 Å². The van der Waals surface area contributed by atoms with Crippen molar-refractivity contribution < 1.29 is 18.4 Å². The smallest absolute Gasteiger partial charge is 0.202 e. The molecule has 0 N–H and O–H groups in total. The molecule has 0 radical (unpaired) electrons. The number of rotatable bonds is 6. The van der Waals surface area contributed by atoms with E-state index >= 15 is 0 Å². The third-order valence-electron chi connectivity index (χ3n) is 5.78. The molecule has 0 aliphatic carbocycles. The fourth-order valence-corrected chi connectivity index (χ4v) is 4.32. The van der Waals surface area contributed by atoms with Gasteiger partial charge in [0.05, 0.1) is 32.2 Å². The van der Waals surface area contributed by atoms with E-state index in [2.05, 4.69) is 46.5 Å². The van der Waals surface area contributed by atoms with Crippen LogP contribution in [0.3, 0.4) is 0 Å². The Kier molecular flexibility index (Phi) is 5.22. The summed E-state index contributed by atoms with van der Waals surface area (Å²) in [5.41, 5.74) is 4.60. The Morgan fingerprint density at radius 2 is 1.77 bits per heavy atom. The van der Waals surface area contributed by atoms with Crippen LogP contribution in [-0.2, 0) is 13.0 Å². The second kappa shape index (κ2) is 8.32. The number of aromatic nitrogens is 1. The van der Waals surface area contributed by atoms with Crippen LogP contribution in [0.5, 0.6) is 11.5 Å². The summed E-state index contributed by atoms with van der Waals surface area (Å²) < 4.78 is 22.1. The molecule has 0 bridgehead atoms. The van der Waals surface area contributed by atoms with Gasteiger partial charge in [0, 0.05) is 19.2 Å². The van der Waals surface area contributed by atoms with Gasteiger partial charge in [0.25, 0.3) is 0 Å². The Labute approximate surface area is 181 Å². The lowest BCUT2D eigenvalue weighted by Crippen LogP contribution is -2.35. The van der Waals surface area contributed by atoms with Crippen LogP contribution in [0.15, 0.2) is 75.9 Å². The van der Waals surface area contributed by atoms with Crippen molar-refractivity contribution in [2.45, 2.75) is 19.0 Å². The second-order valence-corrected chi connectivity index (χ2v) is 7.60. The minimum absolute atomic E-state index is 0.0773. The molecule has 1 atom stereocenters. The molecule has 6 heteroatoms. The number of hydrogen-bond acceptors (Lipinski definition) is 6. The first-order valence-corrected chi connectivity index (χ1v) is 10.3. The van der Waals surface area contributed by atoms with Gasteiger partial charge in [-0.1, -0.05) is 35.5 Å². The Hall–Kier alpha value is -3.51. The maximum Gasteiger partial charge on any atom is 0.202 e. The summed E-state index contributed by atoms with van der Waals surface area (Å²) in [5, 5.41) is 4.29. The molecule has 1 aliphatic heterocycles. The van der Waals surface area contributed by atoms with Crippen LogP contribution in [0, 0.1) is 0 Å². The summed E-state index contributed by atoms with van der Waals surface area (Å²) in [6.07, 6.45) is 2.55. The number of nitrogens with zero attached hydrogens (tertiary/aromatic N) is 2. The van der Waals surface area contributed by atoms with Crippen LogP contribution >= 0.6 is 0 Å². The van der Waals surface area contributed by atoms with Crippen molar-refractivity contribution in [3.05, 3.63) is 89.3 Å². The molecule has 158 valence electrons. The molecule has 2 aromatic carbocycles. The first-order valence-electron chi connectivity index (χ1n) is 10.3. The SMILES string of the molecule is COc1cc2c(cc1OC)[C@H](c1ccccc1)N(Cc1cc(-c3ccco3)on1)CC2. The second-order valence-electron chi connectivity index (χ2n) is 7.60. The van der Waals surface area contributed by atoms with Gasteiger partial charge in [-0.15, -0.1) is 0 Å². The predicted octanol–water partition coefficient (Wildman–Crippen LogP) is 5.10. The Morgan fingerprint density at radius 3 is 2.52 bits per heavy atom. The zero-order chi connectivity index (χ0) is 21.2. The van der Waals surface area contributed by atoms with Crippen molar-refractivity contribution in [2.24, 2.45) is 0 Å². The van der Waals surface area contributed by atoms with Crippen molar-refractivity contribution in [1.82, 2.24) is 10.1 Å². The number of hydrogen-bond donors (Lipinski definition) is 0. The van der Waals surface area contributed by atoms with E-state index in [4.69, 9.17) is 18.4 Å². The zero-order valence-electron chi connectivity index (χ0n) is 17.6. The van der Waals surface area contributed by atoms with Crippen LogP contribution in [-0.4, -0.2) is 30.8 Å². The highest BCUT2D eigenvalue weighted by molar-refractivity contribution is 5.52. The van der Waals surface area contributed by atoms with E-state index in [9.17, 15) is 0 Å². The van der Waals surface area contributed by atoms with Crippen LogP contribution < -0.4 is 9.47 Å². The molecule has 6 nitrogen and oxygen atoms in total. The summed E-state index contributed by atoms with van der Waals surface area (Å²) in [5.74, 6) is 2.82. The molecule has 31 heavy (non-hydrogen) atoms. The average Bonchev–Trinajstić information content (AvgIpc) is 3.51. The highest BCUT2D eigenvalue weighted by Crippen LogP contribution is 2.41. The van der Waals surface area contributed by atoms with Gasteiger partial charge < -0.3 is 18.4 Å². The standard InChI is InChI=1S/C25H24N2O4/c1-28-22-13-18-10-11-27(16-19-14-24(31-26-19)21-9-6-12-30-21)25(17-7-4-3-5-8-17)20(18)15-23(22)29-2/h3-9,12-15,25H,10-11,16H2,1-2H3/t25-/m0/s1. The minimum Gasteiger partial charge on any atom is -0.493 e. The maximum absolute atomic E-state index is 5.60. The van der Waals surface area contributed by atoms with Gasteiger partial charge in [0.15, 0.2) is 17.3 Å². The van der Waals surface area contributed by atoms with E-state index in [1.165, 1.54) is 16.7 Å². The normalized spacial score (nSPS) is 16.1. The van der Waals surface area contributed by atoms with Crippen LogP contribution in [0.25, 0.3) is 11.5 Å². The molecule has 0 fully saturated rings. The molecular weight excluding hydrogens is 392 g/mol. The molecule has 3 heterocycles. The van der Waals surface area contributed by atoms with Gasteiger partial charge in [-0.25, -0.2) is 0 Å². The molecule has 1 aliphatic rings. The molecule has 2 aromatic heterocycles. The molecule has 0 amide bonds. The summed E-state index contributed by atoms with van der Waals surface area (Å²) in [7, 11) is 3.35. The maximum atomic E-state index is 5.60. The van der Waals surface area contributed by atoms with E-state index in [0.717, 1.165) is 30.2 Å². The monoisotopic (exact) mass is 416 g/mol. The molecule has 4 aromatic rings. The molecule has 5 rings (SSSR count). The van der Waals surface area contributed by atoms with Gasteiger partial charge in [-0.05, 0) is 47.4 Å². The summed E-state index contributed by atoms with van der Waals surface area (Å²) in [6.45, 7) is 1.56. The van der Waals surface area contributed by atoms with Crippen molar-refractivity contribution >= 4 is 0 Å². The number of benzene rings is 2. The van der Waals surface area contributed by atoms with Crippen molar-refractivity contribution in [3.8, 4) is 23.0 Å². The Bertz CT molecular complexity index is 1150. The van der Waals surface area contributed by atoms with Gasteiger partial charge in [0.1, 0.15) is 0 Å². The van der Waals surface area contributed by atoms with Crippen molar-refractivity contribution in [2.75, 3.05) is 20.8 Å². The van der Waals surface area contributed by atoms with E-state index in [1.54, 1.807) is 20.5 Å². The zero-order valence-corrected chi connectivity index (χ0v) is 17.6. The molecule has 0 spiro atoms. The fraction of sp³-hybridized carbons (Fsp3) is 0.240. The van der Waals surface area contributed by atoms with Crippen LogP contribution in [0.2, 0.25) is 0 Å². The summed E-state index contributed by atoms with van der Waals surface area (Å²) in [4.78, 5) is 2.42. The summed E-state index contributed by atoms with van der Waals surface area (Å²) in [6, 6.07) is 20.5. The van der Waals surface area contributed by atoms with Crippen molar-refractivity contribution in [1.29, 1.82) is 0 Å².